The summed E-state index contributed by atoms with van der Waals surface area (Å²) in [5.74, 6) is 0. The minimum Gasteiger partial charge on any atom is -0.348 e. The van der Waals surface area contributed by atoms with Crippen molar-refractivity contribution < 1.29 is 4.79 Å². The molecule has 0 bridgehead atoms. The van der Waals surface area contributed by atoms with Crippen LogP contribution in [0.3, 0.4) is 0 Å². The van der Waals surface area contributed by atoms with Gasteiger partial charge < -0.3 is 15.6 Å². The minimum atomic E-state index is -0.245. The number of carbonyl (C=O) groups is 1. The van der Waals surface area contributed by atoms with Crippen molar-refractivity contribution in [2.75, 3.05) is 11.9 Å². The first-order valence-electron chi connectivity index (χ1n) is 8.69. The van der Waals surface area contributed by atoms with E-state index in [0.717, 1.165) is 18.5 Å². The molecule has 1 aromatic heterocycles. The maximum atomic E-state index is 11.8. The second-order valence-corrected chi connectivity index (χ2v) is 6.52. The minimum absolute atomic E-state index is 0.245. The molecule has 0 radical (unpaired) electrons. The molecule has 2 amide bonds. The quantitative estimate of drug-likeness (QED) is 0.525. The van der Waals surface area contributed by atoms with Crippen molar-refractivity contribution in [3.05, 3.63) is 95.1 Å². The van der Waals surface area contributed by atoms with Gasteiger partial charge in [0.05, 0.1) is 6.33 Å². The Labute approximate surface area is 163 Å². The van der Waals surface area contributed by atoms with Crippen LogP contribution in [0.2, 0.25) is 5.02 Å². The molecule has 2 aromatic carbocycles. The molecule has 3 aromatic rings. The number of urea groups is 1. The number of rotatable bonds is 7. The number of imidazole rings is 1. The van der Waals surface area contributed by atoms with E-state index >= 15 is 0 Å². The van der Waals surface area contributed by atoms with Gasteiger partial charge in [0.2, 0.25) is 0 Å². The number of nitrogens with one attached hydrogen (secondary N) is 3. The van der Waals surface area contributed by atoms with Crippen LogP contribution in [0.4, 0.5) is 10.5 Å². The van der Waals surface area contributed by atoms with Gasteiger partial charge in [-0.25, -0.2) is 9.78 Å². The van der Waals surface area contributed by atoms with Gasteiger partial charge in [0.1, 0.15) is 0 Å². The predicted octanol–water partition coefficient (Wildman–Crippen LogP) is 4.57. The molecule has 0 aliphatic heterocycles. The fourth-order valence-corrected chi connectivity index (χ4v) is 2.68. The molecular weight excluding hydrogens is 360 g/mol. The number of aromatic amines is 1. The number of allylic oxidation sites excluding steroid dienone is 1. The van der Waals surface area contributed by atoms with Gasteiger partial charge in [-0.05, 0) is 41.8 Å². The molecule has 3 rings (SSSR count). The van der Waals surface area contributed by atoms with Crippen molar-refractivity contribution in [3.8, 4) is 0 Å². The van der Waals surface area contributed by atoms with Gasteiger partial charge in [0.15, 0.2) is 0 Å². The van der Waals surface area contributed by atoms with Crippen molar-refractivity contribution in [3.63, 3.8) is 0 Å². The van der Waals surface area contributed by atoms with Crippen LogP contribution in [0.5, 0.6) is 0 Å². The van der Waals surface area contributed by atoms with Crippen molar-refractivity contribution in [1.82, 2.24) is 15.3 Å². The topological polar surface area (TPSA) is 69.8 Å². The summed E-state index contributed by atoms with van der Waals surface area (Å²) in [7, 11) is 0. The summed E-state index contributed by atoms with van der Waals surface area (Å²) >= 11 is 5.82. The normalized spacial score (nSPS) is 10.9. The molecule has 138 valence electrons. The Kier molecular flexibility index (Phi) is 6.66. The molecule has 5 nitrogen and oxygen atoms in total. The predicted molar refractivity (Wildman–Crippen MR) is 109 cm³/mol. The van der Waals surface area contributed by atoms with Crippen LogP contribution in [0, 0.1) is 0 Å². The largest absolute Gasteiger partial charge is 0.348 e. The summed E-state index contributed by atoms with van der Waals surface area (Å²) in [6.45, 7) is 0.470. The summed E-state index contributed by atoms with van der Waals surface area (Å²) < 4.78 is 0. The average molecular weight is 381 g/mol. The molecule has 0 saturated heterocycles. The van der Waals surface area contributed by atoms with E-state index in [2.05, 4.69) is 44.9 Å². The highest BCUT2D eigenvalue weighted by atomic mass is 35.5. The van der Waals surface area contributed by atoms with Crippen LogP contribution in [0.15, 0.2) is 73.2 Å². The molecule has 6 heteroatoms. The lowest BCUT2D eigenvalue weighted by Gasteiger charge is -2.05. The Morgan fingerprint density at radius 1 is 1.04 bits per heavy atom. The monoisotopic (exact) mass is 380 g/mol. The molecular formula is C21H21ClN4O. The zero-order valence-corrected chi connectivity index (χ0v) is 15.5. The first kappa shape index (κ1) is 18.7. The second kappa shape index (κ2) is 9.59. The van der Waals surface area contributed by atoms with Crippen LogP contribution in [-0.4, -0.2) is 22.5 Å². The third kappa shape index (κ3) is 6.31. The molecule has 27 heavy (non-hydrogen) atoms. The van der Waals surface area contributed by atoms with Gasteiger partial charge in [-0.2, -0.15) is 0 Å². The maximum absolute atomic E-state index is 11.8. The van der Waals surface area contributed by atoms with Gasteiger partial charge in [0.25, 0.3) is 0 Å². The molecule has 0 unspecified atom stereocenters. The number of nitrogens with zero attached hydrogens (tertiary/aromatic N) is 1. The summed E-state index contributed by atoms with van der Waals surface area (Å²) in [5.41, 5.74) is 4.28. The lowest BCUT2D eigenvalue weighted by Crippen LogP contribution is -2.28. The lowest BCUT2D eigenvalue weighted by molar-refractivity contribution is 0.253. The smallest absolute Gasteiger partial charge is 0.319 e. The fourth-order valence-electron chi connectivity index (χ4n) is 2.56. The molecule has 3 N–H and O–H groups in total. The number of H-pyrrole nitrogens is 1. The Balaban J connectivity index is 1.37. The van der Waals surface area contributed by atoms with E-state index < -0.39 is 0 Å². The molecule has 0 aliphatic rings. The van der Waals surface area contributed by atoms with Crippen LogP contribution in [0.1, 0.15) is 16.8 Å². The van der Waals surface area contributed by atoms with Crippen LogP contribution >= 0.6 is 11.6 Å². The third-order valence-corrected chi connectivity index (χ3v) is 4.23. The van der Waals surface area contributed by atoms with E-state index in [0.29, 0.717) is 17.3 Å². The Morgan fingerprint density at radius 3 is 2.48 bits per heavy atom. The molecule has 0 spiro atoms. The molecule has 1 heterocycles. The van der Waals surface area contributed by atoms with Crippen LogP contribution in [0.25, 0.3) is 0 Å². The molecule has 0 atom stereocenters. The first-order chi connectivity index (χ1) is 13.2. The van der Waals surface area contributed by atoms with Crippen molar-refractivity contribution in [2.24, 2.45) is 0 Å². The van der Waals surface area contributed by atoms with Crippen molar-refractivity contribution >= 4 is 23.3 Å². The third-order valence-electron chi connectivity index (χ3n) is 3.98. The van der Waals surface area contributed by atoms with Crippen LogP contribution in [-0.2, 0) is 12.8 Å². The van der Waals surface area contributed by atoms with Gasteiger partial charge in [-0.3, -0.25) is 0 Å². The highest BCUT2D eigenvalue weighted by Gasteiger charge is 2.00. The number of aromatic nitrogens is 2. The van der Waals surface area contributed by atoms with E-state index in [9.17, 15) is 4.79 Å². The number of halogens is 1. The summed E-state index contributed by atoms with van der Waals surface area (Å²) in [5, 5.41) is 6.18. The number of carbonyl (C=O) groups excluding carboxylic acids is 1. The van der Waals surface area contributed by atoms with Crippen molar-refractivity contribution in [2.45, 2.75) is 12.8 Å². The van der Waals surface area contributed by atoms with Gasteiger partial charge >= 0.3 is 6.03 Å². The SMILES string of the molecule is O=C(NC/C=C/Cc1ccc(Cc2cnc[nH]2)cc1)Nc1ccc(Cl)cc1. The highest BCUT2D eigenvalue weighted by molar-refractivity contribution is 6.30. The van der Waals surface area contributed by atoms with E-state index in [-0.39, 0.29) is 6.03 Å². The zero-order valence-electron chi connectivity index (χ0n) is 14.8. The van der Waals surface area contributed by atoms with Gasteiger partial charge in [-0.15, -0.1) is 0 Å². The average Bonchev–Trinajstić information content (AvgIpc) is 3.18. The summed E-state index contributed by atoms with van der Waals surface area (Å²) in [6, 6.07) is 15.2. The van der Waals surface area contributed by atoms with E-state index in [4.69, 9.17) is 11.6 Å². The Bertz CT molecular complexity index is 872. The second-order valence-electron chi connectivity index (χ2n) is 6.09. The van der Waals surface area contributed by atoms with E-state index in [1.54, 1.807) is 30.6 Å². The number of hydrogen-bond acceptors (Lipinski definition) is 2. The lowest BCUT2D eigenvalue weighted by atomic mass is 10.1. The van der Waals surface area contributed by atoms with Gasteiger partial charge in [-0.1, -0.05) is 48.0 Å². The summed E-state index contributed by atoms with van der Waals surface area (Å²) in [6.07, 6.45) is 9.20. The van der Waals surface area contributed by atoms with Crippen molar-refractivity contribution in [1.29, 1.82) is 0 Å². The molecule has 0 fully saturated rings. The maximum Gasteiger partial charge on any atom is 0.319 e. The summed E-state index contributed by atoms with van der Waals surface area (Å²) in [4.78, 5) is 18.9. The van der Waals surface area contributed by atoms with E-state index in [1.165, 1.54) is 11.1 Å². The number of amides is 2. The standard InChI is InChI=1S/C21H21ClN4O/c22-18-8-10-19(11-9-18)26-21(27)24-12-2-1-3-16-4-6-17(7-5-16)13-20-14-23-15-25-20/h1-2,4-11,14-15H,3,12-13H2,(H,23,25)(H2,24,26,27)/b2-1+. The molecule has 0 aliphatic carbocycles. The highest BCUT2D eigenvalue weighted by Crippen LogP contribution is 2.13. The molecule has 0 saturated carbocycles. The fraction of sp³-hybridized carbons (Fsp3) is 0.143. The number of hydrogen-bond donors (Lipinski definition) is 3. The first-order valence-corrected chi connectivity index (χ1v) is 9.07. The Hall–Kier alpha value is -3.05. The zero-order chi connectivity index (χ0) is 18.9. The van der Waals surface area contributed by atoms with Gasteiger partial charge in [0, 0.05) is 35.6 Å². The number of anilines is 1. The Morgan fingerprint density at radius 2 is 1.78 bits per heavy atom. The number of benzene rings is 2. The van der Waals surface area contributed by atoms with E-state index in [1.807, 2.05) is 18.3 Å². The van der Waals surface area contributed by atoms with Crippen LogP contribution < -0.4 is 10.6 Å².